The van der Waals surface area contributed by atoms with Crippen LogP contribution in [-0.2, 0) is 8.85 Å². The van der Waals surface area contributed by atoms with Gasteiger partial charge in [0.15, 0.2) is 22.9 Å². The van der Waals surface area contributed by atoms with E-state index in [-0.39, 0.29) is 34.1 Å². The topological polar surface area (TPSA) is 44.8 Å². The van der Waals surface area contributed by atoms with Crippen LogP contribution in [0.1, 0.15) is 69.8 Å². The van der Waals surface area contributed by atoms with Gasteiger partial charge < -0.3 is 13.6 Å². The molecular formula is C25H42O4Si2. The van der Waals surface area contributed by atoms with Crippen LogP contribution in [0.2, 0.25) is 36.3 Å². The molecule has 0 aromatic heterocycles. The molecule has 0 saturated heterocycles. The smallest absolute Gasteiger partial charge is 0.192 e. The Labute approximate surface area is 191 Å². The summed E-state index contributed by atoms with van der Waals surface area (Å²) in [5.41, 5.74) is 1.80. The molecule has 31 heavy (non-hydrogen) atoms. The van der Waals surface area contributed by atoms with E-state index in [1.165, 1.54) is 0 Å². The van der Waals surface area contributed by atoms with E-state index in [2.05, 4.69) is 73.8 Å². The van der Waals surface area contributed by atoms with E-state index in [0.717, 1.165) is 24.0 Å². The highest BCUT2D eigenvalue weighted by atomic mass is 28.4. The summed E-state index contributed by atoms with van der Waals surface area (Å²) in [4.78, 5) is 11.6. The van der Waals surface area contributed by atoms with E-state index in [9.17, 15) is 4.79 Å². The van der Waals surface area contributed by atoms with Crippen LogP contribution in [0.4, 0.5) is 0 Å². The van der Waals surface area contributed by atoms with Crippen LogP contribution < -0.4 is 4.74 Å². The van der Waals surface area contributed by atoms with Gasteiger partial charge in [-0.25, -0.2) is 0 Å². The van der Waals surface area contributed by atoms with Gasteiger partial charge in [0.1, 0.15) is 11.9 Å². The molecule has 174 valence electrons. The minimum Gasteiger partial charge on any atom is -0.489 e. The Hall–Kier alpha value is -0.956. The maximum Gasteiger partial charge on any atom is 0.192 e. The van der Waals surface area contributed by atoms with E-state index >= 15 is 0 Å². The first-order valence-corrected chi connectivity index (χ1v) is 17.5. The van der Waals surface area contributed by atoms with Gasteiger partial charge >= 0.3 is 0 Å². The lowest BCUT2D eigenvalue weighted by atomic mass is 9.88. The molecule has 4 nitrogen and oxygen atoms in total. The van der Waals surface area contributed by atoms with Gasteiger partial charge in [-0.3, -0.25) is 4.79 Å². The summed E-state index contributed by atoms with van der Waals surface area (Å²) in [5.74, 6) is 1.22. The summed E-state index contributed by atoms with van der Waals surface area (Å²) in [6.07, 6.45) is 1.94. The van der Waals surface area contributed by atoms with Gasteiger partial charge in [-0.2, -0.15) is 0 Å². The van der Waals surface area contributed by atoms with E-state index < -0.39 is 16.6 Å². The summed E-state index contributed by atoms with van der Waals surface area (Å²) in [7, 11) is -3.83. The van der Waals surface area contributed by atoms with E-state index in [1.807, 2.05) is 12.1 Å². The third kappa shape index (κ3) is 4.59. The van der Waals surface area contributed by atoms with Gasteiger partial charge in [0, 0.05) is 30.4 Å². The molecule has 0 bridgehead atoms. The van der Waals surface area contributed by atoms with Crippen molar-refractivity contribution >= 4 is 22.9 Å². The molecule has 0 N–H and O–H groups in total. The monoisotopic (exact) mass is 462 g/mol. The van der Waals surface area contributed by atoms with Crippen molar-refractivity contribution in [1.82, 2.24) is 0 Å². The van der Waals surface area contributed by atoms with E-state index in [0.29, 0.717) is 12.2 Å². The lowest BCUT2D eigenvalue weighted by Crippen LogP contribution is -2.47. The van der Waals surface area contributed by atoms with Crippen LogP contribution in [0, 0.1) is 5.92 Å². The number of benzene rings is 1. The predicted molar refractivity (Wildman–Crippen MR) is 132 cm³/mol. The number of aldehydes is 1. The first-order chi connectivity index (χ1) is 14.1. The summed E-state index contributed by atoms with van der Waals surface area (Å²) < 4.78 is 20.1. The van der Waals surface area contributed by atoms with Gasteiger partial charge in [0.2, 0.25) is 0 Å². The summed E-state index contributed by atoms with van der Waals surface area (Å²) in [5, 5.41) is 0.314. The van der Waals surface area contributed by atoms with Gasteiger partial charge in [0.25, 0.3) is 0 Å². The Bertz CT molecular complexity index is 820. The zero-order valence-electron chi connectivity index (χ0n) is 21.2. The van der Waals surface area contributed by atoms with Crippen molar-refractivity contribution in [2.75, 3.05) is 6.61 Å². The molecular weight excluding hydrogens is 420 g/mol. The molecule has 4 atom stereocenters. The van der Waals surface area contributed by atoms with Crippen molar-refractivity contribution in [3.63, 3.8) is 0 Å². The molecule has 1 aromatic rings. The second-order valence-electron chi connectivity index (χ2n) is 12.5. The van der Waals surface area contributed by atoms with Gasteiger partial charge in [0.05, 0.1) is 11.7 Å². The lowest BCUT2D eigenvalue weighted by molar-refractivity contribution is 0.0936. The number of carbonyl (C=O) groups is 1. The molecule has 1 saturated carbocycles. The van der Waals surface area contributed by atoms with Crippen LogP contribution in [0.25, 0.3) is 0 Å². The van der Waals surface area contributed by atoms with Crippen LogP contribution >= 0.6 is 0 Å². The van der Waals surface area contributed by atoms with E-state index in [4.69, 9.17) is 13.6 Å². The van der Waals surface area contributed by atoms with Gasteiger partial charge in [-0.1, -0.05) is 53.7 Å². The molecule has 2 aliphatic rings. The Morgan fingerprint density at radius 2 is 1.65 bits per heavy atom. The van der Waals surface area contributed by atoms with Crippen LogP contribution in [-0.4, -0.2) is 41.7 Å². The van der Waals surface area contributed by atoms with Crippen LogP contribution in [0.15, 0.2) is 18.2 Å². The maximum absolute atomic E-state index is 11.6. The van der Waals surface area contributed by atoms with Crippen molar-refractivity contribution in [3.05, 3.63) is 29.3 Å². The minimum absolute atomic E-state index is 0.0545. The Balaban J connectivity index is 1.93. The van der Waals surface area contributed by atoms with E-state index in [1.54, 1.807) is 0 Å². The Morgan fingerprint density at radius 3 is 2.19 bits per heavy atom. The second kappa shape index (κ2) is 8.12. The molecule has 0 radical (unpaired) electrons. The zero-order chi connectivity index (χ0) is 23.4. The van der Waals surface area contributed by atoms with Crippen LogP contribution in [0.5, 0.6) is 5.75 Å². The molecule has 0 amide bonds. The van der Waals surface area contributed by atoms with Crippen molar-refractivity contribution in [1.29, 1.82) is 0 Å². The fourth-order valence-corrected chi connectivity index (χ4v) is 6.67. The predicted octanol–water partition coefficient (Wildman–Crippen LogP) is 6.78. The third-order valence-electron chi connectivity index (χ3n) is 8.33. The Kier molecular flexibility index (Phi) is 6.46. The minimum atomic E-state index is -1.94. The highest BCUT2D eigenvalue weighted by Crippen LogP contribution is 2.54. The number of fused-ring (bicyclic) bond motifs is 3. The summed E-state index contributed by atoms with van der Waals surface area (Å²) >= 11 is 0. The van der Waals surface area contributed by atoms with Crippen molar-refractivity contribution < 1.29 is 18.4 Å². The molecule has 1 aliphatic heterocycles. The number of hydrogen-bond acceptors (Lipinski definition) is 4. The molecule has 0 spiro atoms. The summed E-state index contributed by atoms with van der Waals surface area (Å²) in [6, 6.07) is 5.95. The standard InChI is InChI=1S/C25H42O4Si2/c1-24(2,3)30(7,8)27-16-19-20(29-31(9,10)25(4,5)6)14-21-22(19)18-13-11-12-17(15-26)23(18)28-21/h11-13,15,19-22H,14,16H2,1-10H3/t19-,20?,21-,22+/m0/s1. The average molecular weight is 463 g/mol. The average Bonchev–Trinajstić information content (AvgIpc) is 3.13. The van der Waals surface area contributed by atoms with Crippen molar-refractivity contribution in [3.8, 4) is 5.75 Å². The van der Waals surface area contributed by atoms with Gasteiger partial charge in [-0.05, 0) is 42.3 Å². The highest BCUT2D eigenvalue weighted by molar-refractivity contribution is 6.74. The second-order valence-corrected chi connectivity index (χ2v) is 22.0. The number of ether oxygens (including phenoxy) is 1. The molecule has 1 aromatic carbocycles. The van der Waals surface area contributed by atoms with Gasteiger partial charge in [-0.15, -0.1) is 0 Å². The molecule has 1 aliphatic carbocycles. The number of carbonyl (C=O) groups excluding carboxylic acids is 1. The first-order valence-electron chi connectivity index (χ1n) is 11.7. The number of para-hydroxylation sites is 1. The third-order valence-corrected chi connectivity index (χ3v) is 17.3. The quantitative estimate of drug-likeness (QED) is 0.345. The fraction of sp³-hybridized carbons (Fsp3) is 0.720. The van der Waals surface area contributed by atoms with Crippen LogP contribution in [0.3, 0.4) is 0 Å². The SMILES string of the molecule is CC(C)(C)[Si](C)(C)OC[C@H]1C(O[Si](C)(C)C(C)(C)C)C[C@@H]2Oc3c(C=O)cccc3[C@@H]21. The van der Waals surface area contributed by atoms with Crippen molar-refractivity contribution in [2.45, 2.75) is 102 Å². The summed E-state index contributed by atoms with van der Waals surface area (Å²) in [6.45, 7) is 23.7. The largest absolute Gasteiger partial charge is 0.489 e. The lowest BCUT2D eigenvalue weighted by Gasteiger charge is -2.42. The zero-order valence-corrected chi connectivity index (χ0v) is 23.2. The molecule has 1 fully saturated rings. The Morgan fingerprint density at radius 1 is 1.03 bits per heavy atom. The molecule has 1 heterocycles. The first kappa shape index (κ1) is 24.7. The maximum atomic E-state index is 11.6. The highest BCUT2D eigenvalue weighted by Gasteiger charge is 2.54. The number of rotatable bonds is 6. The normalized spacial score (nSPS) is 26.4. The molecule has 3 rings (SSSR count). The molecule has 1 unspecified atom stereocenters. The number of hydrogen-bond donors (Lipinski definition) is 0. The van der Waals surface area contributed by atoms with Crippen molar-refractivity contribution in [2.24, 2.45) is 5.92 Å². The molecule has 6 heteroatoms. The fourth-order valence-electron chi connectivity index (χ4n) is 4.25.